The molecule has 0 radical (unpaired) electrons. The minimum Gasteiger partial charge on any atom is -0.424 e. The summed E-state index contributed by atoms with van der Waals surface area (Å²) in [7, 11) is 0. The Morgan fingerprint density at radius 1 is 1.47 bits per heavy atom. The number of nitriles is 1. The van der Waals surface area contributed by atoms with Crippen molar-refractivity contribution in [2.45, 2.75) is 6.92 Å². The normalized spacial score (nSPS) is 10.2. The quantitative estimate of drug-likeness (QED) is 0.685. The predicted octanol–water partition coefficient (Wildman–Crippen LogP) is 2.26. The van der Waals surface area contributed by atoms with Gasteiger partial charge in [0.1, 0.15) is 11.6 Å². The largest absolute Gasteiger partial charge is 0.424 e. The Hall–Kier alpha value is -2.26. The number of rotatable bonds is 3. The topological polar surface area (TPSA) is 83.0 Å². The average Bonchev–Trinajstić information content (AvgIpc) is 2.37. The zero-order valence-electron chi connectivity index (χ0n) is 10.3. The summed E-state index contributed by atoms with van der Waals surface area (Å²) in [5.74, 6) is -0.176. The highest BCUT2D eigenvalue weighted by Gasteiger charge is 2.19. The number of nitrogens with one attached hydrogen (secondary N) is 1. The second kappa shape index (κ2) is 5.16. The zero-order valence-corrected chi connectivity index (χ0v) is 11.1. The molecule has 0 spiro atoms. The third kappa shape index (κ3) is 2.20. The molecule has 1 aromatic heterocycles. The number of H-pyrrole nitrogens is 1. The summed E-state index contributed by atoms with van der Waals surface area (Å²) in [5.41, 5.74) is 0.128. The van der Waals surface area contributed by atoms with Gasteiger partial charge in [-0.2, -0.15) is 5.26 Å². The van der Waals surface area contributed by atoms with Crippen LogP contribution < -0.4 is 9.74 Å². The molecule has 0 atom stereocenters. The van der Waals surface area contributed by atoms with Gasteiger partial charge in [0.15, 0.2) is 11.5 Å². The van der Waals surface area contributed by atoms with E-state index in [4.69, 9.17) is 9.44 Å². The van der Waals surface area contributed by atoms with E-state index in [9.17, 15) is 9.59 Å². The number of pyridine rings is 1. The van der Waals surface area contributed by atoms with E-state index in [1.807, 2.05) is 6.07 Å². The minimum atomic E-state index is -0.549. The molecule has 2 aromatic rings. The van der Waals surface area contributed by atoms with E-state index < -0.39 is 5.56 Å². The van der Waals surface area contributed by atoms with Crippen molar-refractivity contribution in [3.63, 3.8) is 0 Å². The molecule has 96 valence electrons. The molecule has 1 aromatic carbocycles. The maximum Gasteiger partial charge on any atom is 0.263 e. The molecule has 5 nitrogen and oxygen atoms in total. The van der Waals surface area contributed by atoms with Gasteiger partial charge in [0.05, 0.1) is 23.1 Å². The first-order chi connectivity index (χ1) is 9.10. The van der Waals surface area contributed by atoms with E-state index in [1.165, 1.54) is 6.92 Å². The number of para-hydroxylation sites is 1. The Morgan fingerprint density at radius 3 is 2.79 bits per heavy atom. The van der Waals surface area contributed by atoms with Crippen molar-refractivity contribution in [3.8, 4) is 11.8 Å². The molecule has 0 unspecified atom stereocenters. The molecule has 0 fully saturated rings. The molecule has 1 heterocycles. The molecule has 0 aliphatic heterocycles. The van der Waals surface area contributed by atoms with Gasteiger partial charge < -0.3 is 9.17 Å². The lowest BCUT2D eigenvalue weighted by molar-refractivity contribution is 0.101. The van der Waals surface area contributed by atoms with Crippen molar-refractivity contribution in [3.05, 3.63) is 39.7 Å². The number of hydrogen-bond donors (Lipinski definition) is 1. The summed E-state index contributed by atoms with van der Waals surface area (Å²) in [4.78, 5) is 26.1. The number of carbonyl (C=O) groups is 1. The molecule has 0 saturated heterocycles. The number of aromatic amines is 1. The average molecular weight is 274 g/mol. The Kier molecular flexibility index (Phi) is 3.58. The van der Waals surface area contributed by atoms with Crippen LogP contribution in [0.3, 0.4) is 0 Å². The third-order valence-electron chi connectivity index (χ3n) is 2.64. The fourth-order valence-corrected chi connectivity index (χ4v) is 2.21. The third-order valence-corrected chi connectivity index (χ3v) is 2.97. The van der Waals surface area contributed by atoms with E-state index in [1.54, 1.807) is 24.5 Å². The van der Waals surface area contributed by atoms with Crippen LogP contribution in [-0.2, 0) is 0 Å². The first kappa shape index (κ1) is 13.2. The number of hydrogen-bond acceptors (Lipinski definition) is 5. The molecule has 1 N–H and O–H groups in total. The highest BCUT2D eigenvalue weighted by Crippen LogP contribution is 2.30. The first-order valence-electron chi connectivity index (χ1n) is 5.40. The number of carbonyl (C=O) groups excluding carboxylic acids is 1. The van der Waals surface area contributed by atoms with E-state index >= 15 is 0 Å². The van der Waals surface area contributed by atoms with Crippen LogP contribution in [0.5, 0.6) is 5.75 Å². The fraction of sp³-hybridized carbons (Fsp3) is 0.154. The van der Waals surface area contributed by atoms with Crippen molar-refractivity contribution in [1.29, 1.82) is 5.26 Å². The van der Waals surface area contributed by atoms with Crippen molar-refractivity contribution >= 4 is 28.7 Å². The summed E-state index contributed by atoms with van der Waals surface area (Å²) in [5, 5.41) is 9.58. The molecule has 0 aliphatic rings. The van der Waals surface area contributed by atoms with Crippen molar-refractivity contribution in [1.82, 2.24) is 4.98 Å². The minimum absolute atomic E-state index is 0.0306. The molecule has 0 bridgehead atoms. The Morgan fingerprint density at radius 2 is 2.21 bits per heavy atom. The molecule has 2 rings (SSSR count). The molecular weight excluding hydrogens is 264 g/mol. The fourth-order valence-electron chi connectivity index (χ4n) is 1.87. The molecule has 0 aliphatic carbocycles. The standard InChI is InChI=1S/C13H10N2O3S/c1-7(16)10-12(18-19-2)9-5-3-4-8(6-14)11(9)15-13(10)17/h3-5H,1-2H3,(H,15,17). The van der Waals surface area contributed by atoms with Gasteiger partial charge in [-0.3, -0.25) is 9.59 Å². The van der Waals surface area contributed by atoms with Crippen molar-refractivity contribution in [2.75, 3.05) is 6.26 Å². The smallest absolute Gasteiger partial charge is 0.263 e. The number of Topliss-reactive ketones (excluding diaryl/α,β-unsaturated/α-hetero) is 1. The van der Waals surface area contributed by atoms with Crippen molar-refractivity contribution < 1.29 is 8.98 Å². The lowest BCUT2D eigenvalue weighted by atomic mass is 10.1. The van der Waals surface area contributed by atoms with Gasteiger partial charge in [-0.05, 0) is 19.1 Å². The second-order valence-corrected chi connectivity index (χ2v) is 4.30. The monoisotopic (exact) mass is 274 g/mol. The van der Waals surface area contributed by atoms with E-state index in [0.29, 0.717) is 16.5 Å². The first-order valence-corrected chi connectivity index (χ1v) is 6.55. The lowest BCUT2D eigenvalue weighted by Crippen LogP contribution is -2.17. The molecule has 0 saturated carbocycles. The number of benzene rings is 1. The Balaban J connectivity index is 2.97. The summed E-state index contributed by atoms with van der Waals surface area (Å²) in [6, 6.07) is 6.97. The maximum atomic E-state index is 12.0. The number of aromatic nitrogens is 1. The highest BCUT2D eigenvalue weighted by atomic mass is 32.2. The van der Waals surface area contributed by atoms with Crippen molar-refractivity contribution in [2.24, 2.45) is 0 Å². The van der Waals surface area contributed by atoms with Gasteiger partial charge in [0, 0.05) is 11.6 Å². The molecule has 19 heavy (non-hydrogen) atoms. The second-order valence-electron chi connectivity index (χ2n) is 3.80. The maximum absolute atomic E-state index is 12.0. The van der Waals surface area contributed by atoms with Crippen LogP contribution in [0.15, 0.2) is 23.0 Å². The summed E-state index contributed by atoms with van der Waals surface area (Å²) in [6.07, 6.45) is 1.69. The van der Waals surface area contributed by atoms with Gasteiger partial charge >= 0.3 is 0 Å². The van der Waals surface area contributed by atoms with E-state index in [0.717, 1.165) is 12.0 Å². The summed E-state index contributed by atoms with van der Waals surface area (Å²) >= 11 is 1.04. The van der Waals surface area contributed by atoms with Crippen LogP contribution in [0.1, 0.15) is 22.8 Å². The number of ketones is 1. The summed E-state index contributed by atoms with van der Waals surface area (Å²) < 4.78 is 5.36. The number of fused-ring (bicyclic) bond motifs is 1. The molecular formula is C13H10N2O3S. The van der Waals surface area contributed by atoms with Crippen LogP contribution in [-0.4, -0.2) is 17.0 Å². The van der Waals surface area contributed by atoms with Crippen LogP contribution in [0.2, 0.25) is 0 Å². The Labute approximate surface area is 113 Å². The van der Waals surface area contributed by atoms with Crippen LogP contribution in [0.25, 0.3) is 10.9 Å². The van der Waals surface area contributed by atoms with Gasteiger partial charge in [0.25, 0.3) is 5.56 Å². The van der Waals surface area contributed by atoms with Crippen LogP contribution in [0.4, 0.5) is 0 Å². The van der Waals surface area contributed by atoms with E-state index in [2.05, 4.69) is 4.98 Å². The van der Waals surface area contributed by atoms with Crippen LogP contribution >= 0.6 is 12.0 Å². The highest BCUT2D eigenvalue weighted by molar-refractivity contribution is 7.94. The Bertz CT molecular complexity index is 759. The number of nitrogens with zero attached hydrogens (tertiary/aromatic N) is 1. The van der Waals surface area contributed by atoms with E-state index in [-0.39, 0.29) is 17.1 Å². The molecule has 0 amide bonds. The van der Waals surface area contributed by atoms with Crippen LogP contribution in [0, 0.1) is 11.3 Å². The SMILES string of the molecule is CSOc1c(C(C)=O)c(=O)[nH]c2c(C#N)cccc12. The lowest BCUT2D eigenvalue weighted by Gasteiger charge is -2.10. The predicted molar refractivity (Wildman–Crippen MR) is 73.4 cm³/mol. The van der Waals surface area contributed by atoms with Gasteiger partial charge in [-0.25, -0.2) is 0 Å². The van der Waals surface area contributed by atoms with Gasteiger partial charge in [0.2, 0.25) is 0 Å². The zero-order chi connectivity index (χ0) is 14.0. The van der Waals surface area contributed by atoms with Gasteiger partial charge in [-0.1, -0.05) is 6.07 Å². The summed E-state index contributed by atoms with van der Waals surface area (Å²) in [6.45, 7) is 1.30. The van der Waals surface area contributed by atoms with Gasteiger partial charge in [-0.15, -0.1) is 0 Å². The molecule has 6 heteroatoms.